The lowest BCUT2D eigenvalue weighted by atomic mass is 10.1. The number of benzene rings is 3. The van der Waals surface area contributed by atoms with E-state index < -0.39 is 14.8 Å². The summed E-state index contributed by atoms with van der Waals surface area (Å²) in [7, 11) is -3.41. The van der Waals surface area contributed by atoms with Gasteiger partial charge in [0, 0.05) is 17.9 Å². The Morgan fingerprint density at radius 2 is 1.25 bits per heavy atom. The Kier molecular flexibility index (Phi) is 5.75. The second-order valence-corrected chi connectivity index (χ2v) is 10.1. The topological polar surface area (TPSA) is 58.2 Å². The number of hydrogen-bond acceptors (Lipinski definition) is 3. The molecule has 0 spiro atoms. The molecule has 0 heterocycles. The smallest absolute Gasteiger partial charge is 0.237 e. The van der Waals surface area contributed by atoms with E-state index in [-0.39, 0.29) is 0 Å². The molecule has 0 radical (unpaired) electrons. The first-order chi connectivity index (χ1) is 13.2. The van der Waals surface area contributed by atoms with E-state index in [1.165, 1.54) is 11.1 Å². The fourth-order valence-electron chi connectivity index (χ4n) is 2.61. The van der Waals surface area contributed by atoms with Crippen LogP contribution in [-0.2, 0) is 16.6 Å². The highest BCUT2D eigenvalue weighted by molar-refractivity contribution is 7.94. The van der Waals surface area contributed by atoms with Crippen LogP contribution in [0.2, 0.25) is 0 Å². The van der Waals surface area contributed by atoms with Gasteiger partial charge in [-0.2, -0.15) is 0 Å². The average Bonchev–Trinajstić information content (AvgIpc) is 2.67. The Bertz CT molecular complexity index is 1000. The minimum absolute atomic E-state index is 0.575. The molecule has 5 heteroatoms. The third kappa shape index (κ3) is 4.93. The zero-order chi connectivity index (χ0) is 20.2. The van der Waals surface area contributed by atoms with Crippen LogP contribution in [0.3, 0.4) is 0 Å². The highest BCUT2D eigenvalue weighted by atomic mass is 32.2. The second kappa shape index (κ2) is 8.07. The van der Waals surface area contributed by atoms with Crippen LogP contribution in [0.1, 0.15) is 26.3 Å². The van der Waals surface area contributed by atoms with Crippen LogP contribution in [0.15, 0.2) is 78.9 Å². The van der Waals surface area contributed by atoms with E-state index in [1.807, 2.05) is 30.3 Å². The molecule has 0 amide bonds. The Labute approximate surface area is 167 Å². The Balaban J connectivity index is 1.59. The summed E-state index contributed by atoms with van der Waals surface area (Å²) in [5, 5.41) is 3.39. The van der Waals surface area contributed by atoms with Crippen LogP contribution in [-0.4, -0.2) is 13.2 Å². The van der Waals surface area contributed by atoms with Crippen molar-refractivity contribution in [1.29, 1.82) is 0 Å². The first kappa shape index (κ1) is 20.0. The van der Waals surface area contributed by atoms with Crippen molar-refractivity contribution in [2.75, 3.05) is 10.0 Å². The van der Waals surface area contributed by atoms with Crippen molar-refractivity contribution in [3.05, 3.63) is 84.4 Å². The lowest BCUT2D eigenvalue weighted by molar-refractivity contribution is 0.566. The fraction of sp³-hybridized carbons (Fsp3) is 0.217. The van der Waals surface area contributed by atoms with Crippen molar-refractivity contribution < 1.29 is 8.42 Å². The molecule has 4 nitrogen and oxygen atoms in total. The molecule has 0 aromatic heterocycles. The fourth-order valence-corrected chi connectivity index (χ4v) is 3.37. The van der Waals surface area contributed by atoms with E-state index in [1.54, 1.807) is 32.9 Å². The highest BCUT2D eigenvalue weighted by Crippen LogP contribution is 2.22. The number of nitrogens with one attached hydrogen (secondary N) is 2. The third-order valence-corrected chi connectivity index (χ3v) is 6.62. The summed E-state index contributed by atoms with van der Waals surface area (Å²) >= 11 is 0. The molecule has 0 aliphatic rings. The standard InChI is InChI=1S/C23H26N2O2S/c1-23(2,3)28(26,27)25-22-13-9-18(10-14-22)17-24-21-15-11-20(12-16-21)19-7-5-4-6-8-19/h4-16,24-25H,17H2,1-3H3. The Morgan fingerprint density at radius 3 is 1.82 bits per heavy atom. The van der Waals surface area contributed by atoms with Gasteiger partial charge in [-0.05, 0) is 61.7 Å². The van der Waals surface area contributed by atoms with Gasteiger partial charge in [-0.1, -0.05) is 54.6 Å². The van der Waals surface area contributed by atoms with Crippen LogP contribution in [0.25, 0.3) is 11.1 Å². The van der Waals surface area contributed by atoms with Crippen LogP contribution < -0.4 is 10.0 Å². The Morgan fingerprint density at radius 1 is 0.714 bits per heavy atom. The summed E-state index contributed by atoms with van der Waals surface area (Å²) in [5.41, 5.74) is 5.07. The summed E-state index contributed by atoms with van der Waals surface area (Å²) in [6, 6.07) is 26.0. The number of anilines is 2. The average molecular weight is 395 g/mol. The van der Waals surface area contributed by atoms with Crippen LogP contribution in [0, 0.1) is 0 Å². The lowest BCUT2D eigenvalue weighted by Gasteiger charge is -2.20. The van der Waals surface area contributed by atoms with Gasteiger partial charge < -0.3 is 5.32 Å². The quantitative estimate of drug-likeness (QED) is 0.580. The van der Waals surface area contributed by atoms with Gasteiger partial charge in [0.2, 0.25) is 10.0 Å². The molecule has 0 bridgehead atoms. The van der Waals surface area contributed by atoms with E-state index in [2.05, 4.69) is 46.4 Å². The molecule has 3 aromatic rings. The SMILES string of the molecule is CC(C)(C)S(=O)(=O)Nc1ccc(CNc2ccc(-c3ccccc3)cc2)cc1. The van der Waals surface area contributed by atoms with Gasteiger partial charge in [0.25, 0.3) is 0 Å². The molecule has 0 aliphatic carbocycles. The largest absolute Gasteiger partial charge is 0.381 e. The number of rotatable bonds is 6. The molecule has 0 saturated heterocycles. The summed E-state index contributed by atoms with van der Waals surface area (Å²) in [5.74, 6) is 0. The van der Waals surface area contributed by atoms with Gasteiger partial charge in [0.15, 0.2) is 0 Å². The summed E-state index contributed by atoms with van der Waals surface area (Å²) in [4.78, 5) is 0. The number of sulfonamides is 1. The molecule has 3 rings (SSSR count). The highest BCUT2D eigenvalue weighted by Gasteiger charge is 2.28. The molecule has 0 atom stereocenters. The minimum atomic E-state index is -3.41. The van der Waals surface area contributed by atoms with E-state index in [0.29, 0.717) is 12.2 Å². The van der Waals surface area contributed by atoms with Crippen molar-refractivity contribution >= 4 is 21.4 Å². The maximum Gasteiger partial charge on any atom is 0.237 e. The molecule has 0 saturated carbocycles. The zero-order valence-electron chi connectivity index (χ0n) is 16.4. The van der Waals surface area contributed by atoms with Gasteiger partial charge in [-0.3, -0.25) is 4.72 Å². The van der Waals surface area contributed by atoms with Crippen molar-refractivity contribution in [2.45, 2.75) is 32.1 Å². The van der Waals surface area contributed by atoms with Crippen LogP contribution >= 0.6 is 0 Å². The molecule has 0 aliphatic heterocycles. The predicted molar refractivity (Wildman–Crippen MR) is 118 cm³/mol. The Hall–Kier alpha value is -2.79. The van der Waals surface area contributed by atoms with Gasteiger partial charge in [0.1, 0.15) is 0 Å². The maximum atomic E-state index is 12.2. The summed E-state index contributed by atoms with van der Waals surface area (Å²) in [6.45, 7) is 5.70. The normalized spacial score (nSPS) is 11.8. The first-order valence-corrected chi connectivity index (χ1v) is 10.7. The predicted octanol–water partition coefficient (Wildman–Crippen LogP) is 5.51. The van der Waals surface area contributed by atoms with E-state index >= 15 is 0 Å². The third-order valence-electron chi connectivity index (χ3n) is 4.50. The molecule has 28 heavy (non-hydrogen) atoms. The van der Waals surface area contributed by atoms with Crippen molar-refractivity contribution in [1.82, 2.24) is 0 Å². The van der Waals surface area contributed by atoms with Gasteiger partial charge >= 0.3 is 0 Å². The maximum absolute atomic E-state index is 12.2. The van der Waals surface area contributed by atoms with Crippen LogP contribution in [0.4, 0.5) is 11.4 Å². The molecule has 2 N–H and O–H groups in total. The summed E-state index contributed by atoms with van der Waals surface area (Å²) in [6.07, 6.45) is 0. The van der Waals surface area contributed by atoms with E-state index in [0.717, 1.165) is 11.3 Å². The molecule has 3 aromatic carbocycles. The molecule has 0 fully saturated rings. The molecular weight excluding hydrogens is 368 g/mol. The molecule has 146 valence electrons. The van der Waals surface area contributed by atoms with E-state index in [9.17, 15) is 8.42 Å². The second-order valence-electron chi connectivity index (χ2n) is 7.71. The lowest BCUT2D eigenvalue weighted by Crippen LogP contribution is -2.33. The minimum Gasteiger partial charge on any atom is -0.381 e. The summed E-state index contributed by atoms with van der Waals surface area (Å²) < 4.78 is 26.2. The molecular formula is C23H26N2O2S. The first-order valence-electron chi connectivity index (χ1n) is 9.25. The van der Waals surface area contributed by atoms with Crippen molar-refractivity contribution in [3.8, 4) is 11.1 Å². The van der Waals surface area contributed by atoms with Gasteiger partial charge in [-0.25, -0.2) is 8.42 Å². The zero-order valence-corrected chi connectivity index (χ0v) is 17.3. The molecule has 0 unspecified atom stereocenters. The van der Waals surface area contributed by atoms with Gasteiger partial charge in [-0.15, -0.1) is 0 Å². The van der Waals surface area contributed by atoms with Crippen molar-refractivity contribution in [3.63, 3.8) is 0 Å². The van der Waals surface area contributed by atoms with E-state index in [4.69, 9.17) is 0 Å². The van der Waals surface area contributed by atoms with Crippen LogP contribution in [0.5, 0.6) is 0 Å². The number of hydrogen-bond donors (Lipinski definition) is 2. The monoisotopic (exact) mass is 394 g/mol. The van der Waals surface area contributed by atoms with Crippen molar-refractivity contribution in [2.24, 2.45) is 0 Å². The van der Waals surface area contributed by atoms with Gasteiger partial charge in [0.05, 0.1) is 4.75 Å².